The number of carbonyl (C=O) groups excluding carboxylic acids is 2. The van der Waals surface area contributed by atoms with Crippen molar-refractivity contribution >= 4 is 29.5 Å². The summed E-state index contributed by atoms with van der Waals surface area (Å²) in [5, 5.41) is 9.00. The lowest BCUT2D eigenvalue weighted by atomic mass is 10.1. The number of nitrogens with zero attached hydrogens (tertiary/aromatic N) is 2. The van der Waals surface area contributed by atoms with E-state index in [1.165, 1.54) is 4.90 Å². The highest BCUT2D eigenvalue weighted by Gasteiger charge is 2.53. The lowest BCUT2D eigenvalue weighted by Gasteiger charge is -2.36. The van der Waals surface area contributed by atoms with Crippen LogP contribution < -0.4 is 0 Å². The van der Waals surface area contributed by atoms with Crippen molar-refractivity contribution in [2.45, 2.75) is 36.8 Å². The molecule has 3 fully saturated rings. The first kappa shape index (κ1) is 14.6. The van der Waals surface area contributed by atoms with Crippen LogP contribution in [0.4, 0.5) is 0 Å². The fraction of sp³-hybridized carbons (Fsp3) is 0.769. The molecule has 0 aromatic rings. The summed E-state index contributed by atoms with van der Waals surface area (Å²) < 4.78 is 5.13. The van der Waals surface area contributed by atoms with Gasteiger partial charge in [-0.1, -0.05) is 0 Å². The minimum atomic E-state index is -1.06. The van der Waals surface area contributed by atoms with Gasteiger partial charge in [0.05, 0.1) is 18.0 Å². The Kier molecular flexibility index (Phi) is 3.61. The van der Waals surface area contributed by atoms with Gasteiger partial charge < -0.3 is 19.6 Å². The first-order valence-corrected chi connectivity index (χ1v) is 8.00. The number of aliphatic carboxylic acids is 1. The Labute approximate surface area is 126 Å². The lowest BCUT2D eigenvalue weighted by Crippen LogP contribution is -2.56. The smallest absolute Gasteiger partial charge is 0.334 e. The molecule has 0 unspecified atom stereocenters. The predicted molar refractivity (Wildman–Crippen MR) is 74.7 cm³/mol. The topological polar surface area (TPSA) is 87.2 Å². The standard InChI is InChI=1S/C13H18N2O5S/c1-13-3-2-10(16)15(13)8(7-21-13)11(17)14-4-5-20-9(6-14)12(18)19/h8-9H,2-7H2,1H3,(H,18,19)/t8-,9+,13+/m1/s1. The number of carboxylic acid groups (broad SMARTS) is 1. The molecule has 3 heterocycles. The van der Waals surface area contributed by atoms with Crippen LogP contribution in [-0.2, 0) is 19.1 Å². The van der Waals surface area contributed by atoms with Crippen molar-refractivity contribution in [3.8, 4) is 0 Å². The van der Waals surface area contributed by atoms with Crippen molar-refractivity contribution in [1.82, 2.24) is 9.80 Å². The molecule has 7 nitrogen and oxygen atoms in total. The maximum absolute atomic E-state index is 12.7. The van der Waals surface area contributed by atoms with Crippen LogP contribution in [0.15, 0.2) is 0 Å². The largest absolute Gasteiger partial charge is 0.479 e. The molecule has 0 aliphatic carbocycles. The van der Waals surface area contributed by atoms with Gasteiger partial charge in [-0.2, -0.15) is 0 Å². The van der Waals surface area contributed by atoms with Gasteiger partial charge in [-0.3, -0.25) is 9.59 Å². The molecule has 8 heteroatoms. The SMILES string of the molecule is C[C@]12CCC(=O)N1[C@@H](C(=O)N1CCO[C@H](C(=O)O)C1)CS2. The van der Waals surface area contributed by atoms with E-state index in [9.17, 15) is 14.4 Å². The molecule has 116 valence electrons. The fourth-order valence-electron chi connectivity index (χ4n) is 3.21. The molecule has 3 aliphatic heterocycles. The molecule has 3 atom stereocenters. The first-order valence-electron chi connectivity index (χ1n) is 7.02. The summed E-state index contributed by atoms with van der Waals surface area (Å²) in [5.74, 6) is -0.619. The third-order valence-corrected chi connectivity index (χ3v) is 5.89. The van der Waals surface area contributed by atoms with Gasteiger partial charge in [0.15, 0.2) is 6.10 Å². The normalized spacial score (nSPS) is 36.0. The van der Waals surface area contributed by atoms with Crippen LogP contribution in [-0.4, -0.2) is 75.2 Å². The van der Waals surface area contributed by atoms with Crippen LogP contribution >= 0.6 is 11.8 Å². The summed E-state index contributed by atoms with van der Waals surface area (Å²) in [6.45, 7) is 2.64. The summed E-state index contributed by atoms with van der Waals surface area (Å²) in [6.07, 6.45) is 0.271. The van der Waals surface area contributed by atoms with Gasteiger partial charge in [0, 0.05) is 18.7 Å². The Morgan fingerprint density at radius 1 is 1.48 bits per heavy atom. The van der Waals surface area contributed by atoms with Crippen molar-refractivity contribution in [2.75, 3.05) is 25.4 Å². The Morgan fingerprint density at radius 3 is 2.95 bits per heavy atom. The minimum absolute atomic E-state index is 0.0175. The van der Waals surface area contributed by atoms with Crippen molar-refractivity contribution in [1.29, 1.82) is 0 Å². The van der Waals surface area contributed by atoms with Crippen LogP contribution in [0.3, 0.4) is 0 Å². The van der Waals surface area contributed by atoms with E-state index < -0.39 is 18.1 Å². The minimum Gasteiger partial charge on any atom is -0.479 e. The Balaban J connectivity index is 1.73. The van der Waals surface area contributed by atoms with Crippen LogP contribution in [0.2, 0.25) is 0 Å². The highest BCUT2D eigenvalue weighted by molar-refractivity contribution is 8.01. The second-order valence-electron chi connectivity index (χ2n) is 5.75. The highest BCUT2D eigenvalue weighted by Crippen LogP contribution is 2.47. The zero-order valence-corrected chi connectivity index (χ0v) is 12.6. The number of rotatable bonds is 2. The number of thioether (sulfide) groups is 1. The molecule has 0 bridgehead atoms. The Bertz CT molecular complexity index is 499. The Morgan fingerprint density at radius 2 is 2.24 bits per heavy atom. The second-order valence-corrected chi connectivity index (χ2v) is 7.25. The summed E-state index contributed by atoms with van der Waals surface area (Å²) >= 11 is 1.64. The number of hydrogen-bond acceptors (Lipinski definition) is 5. The molecule has 0 radical (unpaired) electrons. The molecule has 2 amide bonds. The van der Waals surface area contributed by atoms with E-state index in [1.54, 1.807) is 16.7 Å². The van der Waals surface area contributed by atoms with Crippen LogP contribution in [0.25, 0.3) is 0 Å². The molecule has 3 aliphatic rings. The van der Waals surface area contributed by atoms with E-state index in [0.717, 1.165) is 6.42 Å². The molecular formula is C13H18N2O5S. The molecule has 1 N–H and O–H groups in total. The first-order chi connectivity index (χ1) is 9.92. The van der Waals surface area contributed by atoms with Gasteiger partial charge in [-0.25, -0.2) is 4.79 Å². The third kappa shape index (κ3) is 2.40. The van der Waals surface area contributed by atoms with E-state index in [-0.39, 0.29) is 29.8 Å². The van der Waals surface area contributed by atoms with E-state index in [2.05, 4.69) is 0 Å². The number of hydrogen-bond donors (Lipinski definition) is 1. The number of carbonyl (C=O) groups is 3. The van der Waals surface area contributed by atoms with Crippen molar-refractivity contribution in [2.24, 2.45) is 0 Å². The molecule has 0 saturated carbocycles. The van der Waals surface area contributed by atoms with E-state index >= 15 is 0 Å². The summed E-state index contributed by atoms with van der Waals surface area (Å²) in [4.78, 5) is 38.7. The average Bonchev–Trinajstić information content (AvgIpc) is 2.95. The van der Waals surface area contributed by atoms with Gasteiger partial charge in [-0.05, 0) is 13.3 Å². The van der Waals surface area contributed by atoms with E-state index in [0.29, 0.717) is 18.7 Å². The van der Waals surface area contributed by atoms with Crippen LogP contribution in [0.5, 0.6) is 0 Å². The lowest BCUT2D eigenvalue weighted by molar-refractivity contribution is -0.161. The number of amides is 2. The number of fused-ring (bicyclic) bond motifs is 1. The van der Waals surface area contributed by atoms with E-state index in [1.807, 2.05) is 6.92 Å². The van der Waals surface area contributed by atoms with Crippen LogP contribution in [0.1, 0.15) is 19.8 Å². The van der Waals surface area contributed by atoms with E-state index in [4.69, 9.17) is 9.84 Å². The van der Waals surface area contributed by atoms with Gasteiger partial charge in [0.2, 0.25) is 11.8 Å². The molecule has 0 aromatic heterocycles. The van der Waals surface area contributed by atoms with Crippen molar-refractivity contribution in [3.63, 3.8) is 0 Å². The summed E-state index contributed by atoms with van der Waals surface area (Å²) in [7, 11) is 0. The van der Waals surface area contributed by atoms with Gasteiger partial charge in [-0.15, -0.1) is 11.8 Å². The third-order valence-electron chi connectivity index (χ3n) is 4.38. The monoisotopic (exact) mass is 314 g/mol. The molecular weight excluding hydrogens is 296 g/mol. The van der Waals surface area contributed by atoms with Gasteiger partial charge >= 0.3 is 5.97 Å². The number of carboxylic acids is 1. The maximum atomic E-state index is 12.7. The number of ether oxygens (including phenoxy) is 1. The van der Waals surface area contributed by atoms with Crippen molar-refractivity contribution < 1.29 is 24.2 Å². The highest BCUT2D eigenvalue weighted by atomic mass is 32.2. The zero-order chi connectivity index (χ0) is 15.2. The number of morpholine rings is 1. The fourth-order valence-corrected chi connectivity index (χ4v) is 4.64. The summed E-state index contributed by atoms with van der Waals surface area (Å²) in [6, 6.07) is -0.470. The Hall–Kier alpha value is -1.28. The maximum Gasteiger partial charge on any atom is 0.334 e. The molecule has 3 rings (SSSR count). The van der Waals surface area contributed by atoms with Crippen LogP contribution in [0, 0.1) is 0 Å². The zero-order valence-electron chi connectivity index (χ0n) is 11.8. The predicted octanol–water partition coefficient (Wildman–Crippen LogP) is -0.248. The molecule has 3 saturated heterocycles. The van der Waals surface area contributed by atoms with Crippen molar-refractivity contribution in [3.05, 3.63) is 0 Å². The second kappa shape index (κ2) is 5.17. The summed E-state index contributed by atoms with van der Waals surface area (Å²) in [5.41, 5.74) is 0. The molecule has 0 aromatic carbocycles. The molecule has 0 spiro atoms. The molecule has 21 heavy (non-hydrogen) atoms. The van der Waals surface area contributed by atoms with Gasteiger partial charge in [0.25, 0.3) is 0 Å². The van der Waals surface area contributed by atoms with Gasteiger partial charge in [0.1, 0.15) is 6.04 Å². The average molecular weight is 314 g/mol. The quantitative estimate of drug-likeness (QED) is 0.756.